The Morgan fingerprint density at radius 2 is 2.41 bits per heavy atom. The SMILES string of the molecule is CC(CC1CC1)NC(=O)c1ccnc(N)c1F. The summed E-state index contributed by atoms with van der Waals surface area (Å²) in [6.45, 7) is 1.93. The van der Waals surface area contributed by atoms with Crippen LogP contribution in [0.4, 0.5) is 10.2 Å². The molecule has 1 amide bonds. The van der Waals surface area contributed by atoms with Crippen LogP contribution in [0, 0.1) is 11.7 Å². The average molecular weight is 237 g/mol. The van der Waals surface area contributed by atoms with Gasteiger partial charge >= 0.3 is 0 Å². The molecule has 1 saturated carbocycles. The van der Waals surface area contributed by atoms with Crippen molar-refractivity contribution >= 4 is 11.7 Å². The first-order chi connectivity index (χ1) is 8.08. The molecular weight excluding hydrogens is 221 g/mol. The van der Waals surface area contributed by atoms with E-state index >= 15 is 0 Å². The van der Waals surface area contributed by atoms with Crippen molar-refractivity contribution in [3.05, 3.63) is 23.6 Å². The number of amides is 1. The Morgan fingerprint density at radius 3 is 3.06 bits per heavy atom. The van der Waals surface area contributed by atoms with E-state index in [0.29, 0.717) is 0 Å². The number of carbonyl (C=O) groups excluding carboxylic acids is 1. The van der Waals surface area contributed by atoms with Gasteiger partial charge in [0.1, 0.15) is 0 Å². The van der Waals surface area contributed by atoms with Crippen molar-refractivity contribution in [3.8, 4) is 0 Å². The van der Waals surface area contributed by atoms with Gasteiger partial charge in [0.25, 0.3) is 5.91 Å². The lowest BCUT2D eigenvalue weighted by atomic mass is 10.1. The van der Waals surface area contributed by atoms with E-state index in [1.807, 2.05) is 6.92 Å². The van der Waals surface area contributed by atoms with E-state index in [1.54, 1.807) is 0 Å². The van der Waals surface area contributed by atoms with Gasteiger partial charge in [-0.3, -0.25) is 4.79 Å². The predicted octanol–water partition coefficient (Wildman–Crippen LogP) is 1.72. The summed E-state index contributed by atoms with van der Waals surface area (Å²) in [5.41, 5.74) is 5.27. The number of nitrogens with zero attached hydrogens (tertiary/aromatic N) is 1. The highest BCUT2D eigenvalue weighted by Crippen LogP contribution is 2.33. The maximum absolute atomic E-state index is 13.5. The van der Waals surface area contributed by atoms with Gasteiger partial charge in [0.2, 0.25) is 0 Å². The predicted molar refractivity (Wildman–Crippen MR) is 62.9 cm³/mol. The number of hydrogen-bond donors (Lipinski definition) is 2. The molecule has 1 atom stereocenters. The molecule has 1 aromatic heterocycles. The molecule has 1 fully saturated rings. The zero-order valence-corrected chi connectivity index (χ0v) is 9.74. The summed E-state index contributed by atoms with van der Waals surface area (Å²) in [4.78, 5) is 15.4. The fourth-order valence-electron chi connectivity index (χ4n) is 1.85. The molecule has 0 saturated heterocycles. The molecular formula is C12H16FN3O. The van der Waals surface area contributed by atoms with Crippen LogP contribution in [-0.4, -0.2) is 16.9 Å². The van der Waals surface area contributed by atoms with Crippen molar-refractivity contribution in [2.45, 2.75) is 32.2 Å². The first-order valence-electron chi connectivity index (χ1n) is 5.78. The van der Waals surface area contributed by atoms with E-state index in [1.165, 1.54) is 25.1 Å². The lowest BCUT2D eigenvalue weighted by Crippen LogP contribution is -2.33. The minimum absolute atomic E-state index is 0.0415. The molecule has 1 aromatic rings. The maximum Gasteiger partial charge on any atom is 0.254 e. The molecule has 1 heterocycles. The summed E-state index contributed by atoms with van der Waals surface area (Å²) >= 11 is 0. The highest BCUT2D eigenvalue weighted by Gasteiger charge is 2.25. The second-order valence-corrected chi connectivity index (χ2v) is 4.61. The summed E-state index contributed by atoms with van der Waals surface area (Å²) in [6, 6.07) is 1.40. The Labute approximate surface area is 99.4 Å². The molecule has 17 heavy (non-hydrogen) atoms. The smallest absolute Gasteiger partial charge is 0.254 e. The second-order valence-electron chi connectivity index (χ2n) is 4.61. The maximum atomic E-state index is 13.5. The van der Waals surface area contributed by atoms with Gasteiger partial charge in [0, 0.05) is 12.2 Å². The van der Waals surface area contributed by atoms with Crippen molar-refractivity contribution in [2.75, 3.05) is 5.73 Å². The fraction of sp³-hybridized carbons (Fsp3) is 0.500. The summed E-state index contributed by atoms with van der Waals surface area (Å²) in [6.07, 6.45) is 4.75. The van der Waals surface area contributed by atoms with Crippen LogP contribution in [-0.2, 0) is 0 Å². The fourth-order valence-corrected chi connectivity index (χ4v) is 1.85. The van der Waals surface area contributed by atoms with E-state index < -0.39 is 11.7 Å². The Kier molecular flexibility index (Phi) is 3.26. The lowest BCUT2D eigenvalue weighted by Gasteiger charge is -2.13. The average Bonchev–Trinajstić information content (AvgIpc) is 3.05. The zero-order valence-electron chi connectivity index (χ0n) is 9.74. The quantitative estimate of drug-likeness (QED) is 0.837. The van der Waals surface area contributed by atoms with E-state index in [-0.39, 0.29) is 17.4 Å². The first-order valence-corrected chi connectivity index (χ1v) is 5.78. The molecule has 4 nitrogen and oxygen atoms in total. The van der Waals surface area contributed by atoms with Gasteiger partial charge in [-0.25, -0.2) is 9.37 Å². The number of halogens is 1. The third-order valence-electron chi connectivity index (χ3n) is 2.92. The summed E-state index contributed by atoms with van der Waals surface area (Å²) in [5.74, 6) is -0.696. The molecule has 1 aliphatic rings. The van der Waals surface area contributed by atoms with Crippen LogP contribution in [0.15, 0.2) is 12.3 Å². The highest BCUT2D eigenvalue weighted by atomic mass is 19.1. The number of nitrogens with two attached hydrogens (primary N) is 1. The normalized spacial score (nSPS) is 16.6. The van der Waals surface area contributed by atoms with E-state index in [9.17, 15) is 9.18 Å². The van der Waals surface area contributed by atoms with Crippen molar-refractivity contribution in [1.29, 1.82) is 0 Å². The zero-order chi connectivity index (χ0) is 12.4. The number of nitrogen functional groups attached to an aromatic ring is 1. The van der Waals surface area contributed by atoms with Crippen molar-refractivity contribution in [3.63, 3.8) is 0 Å². The molecule has 3 N–H and O–H groups in total. The van der Waals surface area contributed by atoms with Crippen LogP contribution in [0.1, 0.15) is 36.5 Å². The summed E-state index contributed by atoms with van der Waals surface area (Å²) in [7, 11) is 0. The van der Waals surface area contributed by atoms with Crippen LogP contribution in [0.5, 0.6) is 0 Å². The lowest BCUT2D eigenvalue weighted by molar-refractivity contribution is 0.0933. The second kappa shape index (κ2) is 4.69. The molecule has 2 rings (SSSR count). The van der Waals surface area contributed by atoms with Gasteiger partial charge in [-0.1, -0.05) is 12.8 Å². The standard InChI is InChI=1S/C12H16FN3O/c1-7(6-8-2-3-8)16-12(17)9-4-5-15-11(14)10(9)13/h4-5,7-8H,2-3,6H2,1H3,(H2,14,15)(H,16,17). The van der Waals surface area contributed by atoms with Crippen LogP contribution >= 0.6 is 0 Å². The minimum Gasteiger partial charge on any atom is -0.381 e. The molecule has 0 spiro atoms. The minimum atomic E-state index is -0.747. The number of rotatable bonds is 4. The van der Waals surface area contributed by atoms with E-state index in [0.717, 1.165) is 12.3 Å². The van der Waals surface area contributed by atoms with Gasteiger partial charge in [-0.2, -0.15) is 0 Å². The van der Waals surface area contributed by atoms with Crippen molar-refractivity contribution in [2.24, 2.45) is 5.92 Å². The van der Waals surface area contributed by atoms with Crippen LogP contribution in [0.25, 0.3) is 0 Å². The number of aromatic nitrogens is 1. The molecule has 0 radical (unpaired) electrons. The Morgan fingerprint density at radius 1 is 1.71 bits per heavy atom. The van der Waals surface area contributed by atoms with E-state index in [4.69, 9.17) is 5.73 Å². The third-order valence-corrected chi connectivity index (χ3v) is 2.92. The Balaban J connectivity index is 2.00. The Hall–Kier alpha value is -1.65. The van der Waals surface area contributed by atoms with Crippen LogP contribution < -0.4 is 11.1 Å². The van der Waals surface area contributed by atoms with Crippen molar-refractivity contribution in [1.82, 2.24) is 10.3 Å². The highest BCUT2D eigenvalue weighted by molar-refractivity contribution is 5.95. The molecule has 0 bridgehead atoms. The number of anilines is 1. The molecule has 0 aliphatic heterocycles. The third kappa shape index (κ3) is 2.93. The molecule has 0 aromatic carbocycles. The summed E-state index contributed by atoms with van der Waals surface area (Å²) < 4.78 is 13.5. The molecule has 92 valence electrons. The molecule has 1 aliphatic carbocycles. The number of hydrogen-bond acceptors (Lipinski definition) is 3. The number of carbonyl (C=O) groups is 1. The van der Waals surface area contributed by atoms with Gasteiger partial charge in [0.05, 0.1) is 5.56 Å². The van der Waals surface area contributed by atoms with E-state index in [2.05, 4.69) is 10.3 Å². The first kappa shape index (κ1) is 11.8. The topological polar surface area (TPSA) is 68.0 Å². The van der Waals surface area contributed by atoms with Gasteiger partial charge in [-0.15, -0.1) is 0 Å². The Bertz CT molecular complexity index is 432. The monoisotopic (exact) mass is 237 g/mol. The molecule has 5 heteroatoms. The van der Waals surface area contributed by atoms with Crippen molar-refractivity contribution < 1.29 is 9.18 Å². The van der Waals surface area contributed by atoms with Crippen LogP contribution in [0.2, 0.25) is 0 Å². The number of nitrogens with one attached hydrogen (secondary N) is 1. The van der Waals surface area contributed by atoms with Crippen LogP contribution in [0.3, 0.4) is 0 Å². The molecule has 1 unspecified atom stereocenters. The van der Waals surface area contributed by atoms with Gasteiger partial charge in [-0.05, 0) is 25.3 Å². The largest absolute Gasteiger partial charge is 0.381 e. The van der Waals surface area contributed by atoms with Gasteiger partial charge in [0.15, 0.2) is 11.6 Å². The number of pyridine rings is 1. The summed E-state index contributed by atoms with van der Waals surface area (Å²) in [5, 5.41) is 2.77. The van der Waals surface area contributed by atoms with Gasteiger partial charge < -0.3 is 11.1 Å².